The zero-order valence-corrected chi connectivity index (χ0v) is 5.96. The number of rotatable bonds is 3. The van der Waals surface area contributed by atoms with Crippen molar-refractivity contribution in [1.82, 2.24) is 0 Å². The van der Waals surface area contributed by atoms with Crippen LogP contribution in [0.5, 0.6) is 0 Å². The van der Waals surface area contributed by atoms with Gasteiger partial charge in [0.2, 0.25) is 0 Å². The molecule has 0 saturated carbocycles. The van der Waals surface area contributed by atoms with Crippen LogP contribution in [0.1, 0.15) is 13.8 Å². The van der Waals surface area contributed by atoms with Gasteiger partial charge in [-0.2, -0.15) is 0 Å². The Morgan fingerprint density at radius 1 is 1.67 bits per heavy atom. The van der Waals surface area contributed by atoms with Gasteiger partial charge >= 0.3 is 0 Å². The molecular weight excluding hydrogens is 112 g/mol. The van der Waals surface area contributed by atoms with Gasteiger partial charge < -0.3 is 0 Å². The van der Waals surface area contributed by atoms with E-state index >= 15 is 0 Å². The molecule has 0 aliphatic rings. The standard InChI is InChI=1S/C7H12N2/c1-4-8-6-7(3)9-5-2/h4,6H,1,5H2,2-3H3. The maximum atomic E-state index is 4.08. The second-order valence-corrected chi connectivity index (χ2v) is 1.58. The molecule has 0 heterocycles. The van der Waals surface area contributed by atoms with Gasteiger partial charge in [0, 0.05) is 24.7 Å². The minimum absolute atomic E-state index is 0.814. The van der Waals surface area contributed by atoms with Crippen LogP contribution in [-0.4, -0.2) is 18.5 Å². The molecule has 50 valence electrons. The zero-order chi connectivity index (χ0) is 7.11. The first-order valence-corrected chi connectivity index (χ1v) is 2.96. The molecule has 0 aliphatic carbocycles. The van der Waals surface area contributed by atoms with Crippen molar-refractivity contribution in [3.8, 4) is 0 Å². The van der Waals surface area contributed by atoms with Gasteiger partial charge in [-0.3, -0.25) is 9.98 Å². The third-order valence-electron chi connectivity index (χ3n) is 0.774. The van der Waals surface area contributed by atoms with Crippen molar-refractivity contribution in [3.63, 3.8) is 0 Å². The minimum atomic E-state index is 0.814. The van der Waals surface area contributed by atoms with Crippen LogP contribution in [-0.2, 0) is 0 Å². The van der Waals surface area contributed by atoms with Gasteiger partial charge in [-0.15, -0.1) is 0 Å². The smallest absolute Gasteiger partial charge is 0.0499 e. The van der Waals surface area contributed by atoms with Crippen molar-refractivity contribution in [3.05, 3.63) is 12.8 Å². The monoisotopic (exact) mass is 124 g/mol. The molecular formula is C7H12N2. The highest BCUT2D eigenvalue weighted by Crippen LogP contribution is 1.74. The van der Waals surface area contributed by atoms with Crippen LogP contribution in [0, 0.1) is 0 Å². The lowest BCUT2D eigenvalue weighted by Crippen LogP contribution is -1.91. The van der Waals surface area contributed by atoms with E-state index in [1.54, 1.807) is 6.21 Å². The predicted octanol–water partition coefficient (Wildman–Crippen LogP) is 1.68. The first kappa shape index (κ1) is 8.08. The van der Waals surface area contributed by atoms with Crippen molar-refractivity contribution in [2.75, 3.05) is 6.54 Å². The molecule has 0 unspecified atom stereocenters. The van der Waals surface area contributed by atoms with Crippen LogP contribution < -0.4 is 0 Å². The summed E-state index contributed by atoms with van der Waals surface area (Å²) in [4.78, 5) is 7.88. The summed E-state index contributed by atoms with van der Waals surface area (Å²) in [7, 11) is 0. The second-order valence-electron chi connectivity index (χ2n) is 1.58. The molecule has 0 rings (SSSR count). The molecule has 0 N–H and O–H groups in total. The number of aliphatic imine (C=N–C) groups is 2. The molecule has 2 heteroatoms. The van der Waals surface area contributed by atoms with Gasteiger partial charge in [-0.25, -0.2) is 0 Å². The third-order valence-corrected chi connectivity index (χ3v) is 0.774. The summed E-state index contributed by atoms with van der Waals surface area (Å²) in [5, 5.41) is 0. The molecule has 0 bridgehead atoms. The fourth-order valence-corrected chi connectivity index (χ4v) is 0.451. The van der Waals surface area contributed by atoms with E-state index in [0.717, 1.165) is 12.3 Å². The summed E-state index contributed by atoms with van der Waals surface area (Å²) in [6.45, 7) is 8.16. The fraction of sp³-hybridized carbons (Fsp3) is 0.429. The van der Waals surface area contributed by atoms with Crippen LogP contribution in [0.25, 0.3) is 0 Å². The fourth-order valence-electron chi connectivity index (χ4n) is 0.451. The summed E-state index contributed by atoms with van der Waals surface area (Å²) < 4.78 is 0. The lowest BCUT2D eigenvalue weighted by molar-refractivity contribution is 1.13. The lowest BCUT2D eigenvalue weighted by atomic mass is 10.4. The van der Waals surface area contributed by atoms with E-state index in [-0.39, 0.29) is 0 Å². The van der Waals surface area contributed by atoms with Gasteiger partial charge in [0.1, 0.15) is 0 Å². The zero-order valence-electron chi connectivity index (χ0n) is 5.96. The average molecular weight is 124 g/mol. The Bertz CT molecular complexity index is 134. The maximum absolute atomic E-state index is 4.08. The summed E-state index contributed by atoms with van der Waals surface area (Å²) in [5.74, 6) is 0. The summed E-state index contributed by atoms with van der Waals surface area (Å²) in [6.07, 6.45) is 3.19. The van der Waals surface area contributed by atoms with Crippen LogP contribution in [0.3, 0.4) is 0 Å². The average Bonchev–Trinajstić information content (AvgIpc) is 1.85. The Labute approximate surface area is 56.0 Å². The van der Waals surface area contributed by atoms with Crippen molar-refractivity contribution in [2.45, 2.75) is 13.8 Å². The number of hydrogen-bond acceptors (Lipinski definition) is 2. The SMILES string of the molecule is C=CN=CC(C)=NCC. The van der Waals surface area contributed by atoms with Crippen molar-refractivity contribution >= 4 is 11.9 Å². The van der Waals surface area contributed by atoms with Crippen LogP contribution >= 0.6 is 0 Å². The van der Waals surface area contributed by atoms with E-state index in [1.165, 1.54) is 6.20 Å². The highest BCUT2D eigenvalue weighted by molar-refractivity contribution is 6.29. The van der Waals surface area contributed by atoms with Crippen molar-refractivity contribution < 1.29 is 0 Å². The Balaban J connectivity index is 3.74. The van der Waals surface area contributed by atoms with Crippen molar-refractivity contribution in [1.29, 1.82) is 0 Å². The quantitative estimate of drug-likeness (QED) is 0.511. The molecule has 9 heavy (non-hydrogen) atoms. The van der Waals surface area contributed by atoms with E-state index in [0.29, 0.717) is 0 Å². The normalized spacial score (nSPS) is 12.4. The molecule has 0 amide bonds. The highest BCUT2D eigenvalue weighted by atomic mass is 14.7. The van der Waals surface area contributed by atoms with E-state index in [4.69, 9.17) is 0 Å². The Morgan fingerprint density at radius 2 is 2.33 bits per heavy atom. The highest BCUT2D eigenvalue weighted by Gasteiger charge is 1.77. The molecule has 0 aliphatic heterocycles. The molecule has 0 fully saturated rings. The largest absolute Gasteiger partial charge is 0.289 e. The minimum Gasteiger partial charge on any atom is -0.289 e. The molecule has 2 nitrogen and oxygen atoms in total. The Hall–Kier alpha value is -0.920. The molecule has 0 radical (unpaired) electrons. The Morgan fingerprint density at radius 3 is 2.78 bits per heavy atom. The van der Waals surface area contributed by atoms with Gasteiger partial charge in [-0.05, 0) is 13.8 Å². The predicted molar refractivity (Wildman–Crippen MR) is 42.3 cm³/mol. The molecule has 0 aromatic heterocycles. The Kier molecular flexibility index (Phi) is 4.69. The van der Waals surface area contributed by atoms with E-state index in [1.807, 2.05) is 13.8 Å². The van der Waals surface area contributed by atoms with Crippen molar-refractivity contribution in [2.24, 2.45) is 9.98 Å². The summed E-state index contributed by atoms with van der Waals surface area (Å²) >= 11 is 0. The second kappa shape index (κ2) is 5.22. The molecule has 0 aromatic rings. The molecule has 0 atom stereocenters. The van der Waals surface area contributed by atoms with Gasteiger partial charge in [-0.1, -0.05) is 6.58 Å². The van der Waals surface area contributed by atoms with E-state index in [9.17, 15) is 0 Å². The molecule has 0 aromatic carbocycles. The van der Waals surface area contributed by atoms with E-state index < -0.39 is 0 Å². The first-order chi connectivity index (χ1) is 4.31. The van der Waals surface area contributed by atoms with Gasteiger partial charge in [0.15, 0.2) is 0 Å². The van der Waals surface area contributed by atoms with Gasteiger partial charge in [0.25, 0.3) is 0 Å². The topological polar surface area (TPSA) is 24.7 Å². The summed E-state index contributed by atoms with van der Waals surface area (Å²) in [6, 6.07) is 0. The lowest BCUT2D eigenvalue weighted by Gasteiger charge is -1.85. The van der Waals surface area contributed by atoms with Crippen LogP contribution in [0.4, 0.5) is 0 Å². The van der Waals surface area contributed by atoms with Crippen LogP contribution in [0.15, 0.2) is 22.8 Å². The molecule has 0 spiro atoms. The third kappa shape index (κ3) is 4.94. The maximum Gasteiger partial charge on any atom is 0.0499 e. The van der Waals surface area contributed by atoms with E-state index in [2.05, 4.69) is 16.6 Å². The number of hydrogen-bond donors (Lipinski definition) is 0. The summed E-state index contributed by atoms with van der Waals surface area (Å²) in [5.41, 5.74) is 0.942. The molecule has 0 saturated heterocycles. The number of nitrogens with zero attached hydrogens (tertiary/aromatic N) is 2. The van der Waals surface area contributed by atoms with Crippen LogP contribution in [0.2, 0.25) is 0 Å². The first-order valence-electron chi connectivity index (χ1n) is 2.96. The van der Waals surface area contributed by atoms with Gasteiger partial charge in [0.05, 0.1) is 0 Å².